The van der Waals surface area contributed by atoms with Gasteiger partial charge in [0.2, 0.25) is 0 Å². The zero-order chi connectivity index (χ0) is 7.71. The Morgan fingerprint density at radius 2 is 1.67 bits per heavy atom. The molecule has 0 saturated carbocycles. The highest BCUT2D eigenvalue weighted by Gasteiger charge is 2.50. The molecule has 0 bridgehead atoms. The minimum Gasteiger partial charge on any atom is -0.427 e. The van der Waals surface area contributed by atoms with Gasteiger partial charge in [-0.1, -0.05) is 0 Å². The molecule has 1 unspecified atom stereocenters. The molecular weight excluding hydrogens is 153 g/mol. The van der Waals surface area contributed by atoms with Crippen LogP contribution in [0.3, 0.4) is 0 Å². The molecule has 2 nitrogen and oxygen atoms in total. The molecule has 2 N–H and O–H groups in total. The molecule has 0 aromatic rings. The number of alkyl halides is 3. The third-order valence-corrected chi connectivity index (χ3v) is 1.45. The summed E-state index contributed by atoms with van der Waals surface area (Å²) in [6, 6.07) is 0. The highest BCUT2D eigenvalue weighted by molar-refractivity contribution is 6.29. The van der Waals surface area contributed by atoms with Crippen molar-refractivity contribution < 1.29 is 23.1 Å². The highest BCUT2D eigenvalue weighted by Crippen LogP contribution is 2.27. The summed E-state index contributed by atoms with van der Waals surface area (Å²) in [7, 11) is -1.92. The van der Waals surface area contributed by atoms with Gasteiger partial charge in [-0.3, -0.25) is 0 Å². The van der Waals surface area contributed by atoms with Gasteiger partial charge in [0.25, 0.3) is 5.85 Å². The molecule has 0 amide bonds. The van der Waals surface area contributed by atoms with E-state index in [1.165, 1.54) is 0 Å². The molecule has 0 aromatic heterocycles. The van der Waals surface area contributed by atoms with Crippen LogP contribution in [-0.4, -0.2) is 31.1 Å². The van der Waals surface area contributed by atoms with Crippen molar-refractivity contribution in [2.24, 2.45) is 0 Å². The first kappa shape index (κ1) is 8.93. The van der Waals surface area contributed by atoms with Crippen molar-refractivity contribution in [1.82, 2.24) is 0 Å². The Kier molecular flexibility index (Phi) is 2.26. The predicted molar refractivity (Wildman–Crippen MR) is 24.7 cm³/mol. The average molecular weight is 158 g/mol. The van der Waals surface area contributed by atoms with Crippen LogP contribution in [-0.2, 0) is 0 Å². The second-order valence-corrected chi connectivity index (χ2v) is 2.49. The second kappa shape index (κ2) is 2.28. The Morgan fingerprint density at radius 1 is 1.33 bits per heavy atom. The zero-order valence-electron chi connectivity index (χ0n) is 4.53. The van der Waals surface area contributed by atoms with Gasteiger partial charge in [0.05, 0.1) is 0 Å². The van der Waals surface area contributed by atoms with Crippen LogP contribution in [0.5, 0.6) is 0 Å². The zero-order valence-corrected chi connectivity index (χ0v) is 5.53. The molecule has 54 valence electrons. The van der Waals surface area contributed by atoms with Gasteiger partial charge >= 0.3 is 15.3 Å². The summed E-state index contributed by atoms with van der Waals surface area (Å²) in [6.45, 7) is 0.288. The molecule has 0 spiro atoms. The van der Waals surface area contributed by atoms with Crippen molar-refractivity contribution in [2.45, 2.75) is 18.3 Å². The lowest BCUT2D eigenvalue weighted by atomic mass is 10.4. The Hall–Kier alpha value is -0.0731. The molecular formula is C3H5F3O2Si. The Labute approximate surface area is 52.3 Å². The van der Waals surface area contributed by atoms with Gasteiger partial charge in [0, 0.05) is 6.92 Å². The summed E-state index contributed by atoms with van der Waals surface area (Å²) >= 11 is 0. The van der Waals surface area contributed by atoms with Gasteiger partial charge in [-0.05, 0) is 0 Å². The second-order valence-electron chi connectivity index (χ2n) is 1.64. The van der Waals surface area contributed by atoms with Crippen molar-refractivity contribution in [3.05, 3.63) is 0 Å². The molecule has 0 aromatic carbocycles. The van der Waals surface area contributed by atoms with E-state index in [-0.39, 0.29) is 6.92 Å². The first-order chi connectivity index (χ1) is 3.81. The third kappa shape index (κ3) is 1.96. The fourth-order valence-electron chi connectivity index (χ4n) is 0.102. The minimum atomic E-state index is -4.05. The van der Waals surface area contributed by atoms with Gasteiger partial charge in [-0.2, -0.15) is 0 Å². The lowest BCUT2D eigenvalue weighted by Crippen LogP contribution is -2.46. The maximum Gasteiger partial charge on any atom is 0.323 e. The normalized spacial score (nSPS) is 19.3. The van der Waals surface area contributed by atoms with Crippen molar-refractivity contribution in [2.75, 3.05) is 0 Å². The van der Waals surface area contributed by atoms with Crippen LogP contribution in [0.1, 0.15) is 6.92 Å². The van der Waals surface area contributed by atoms with E-state index in [4.69, 9.17) is 9.90 Å². The van der Waals surface area contributed by atoms with E-state index in [1.54, 1.807) is 0 Å². The Morgan fingerprint density at radius 3 is 1.67 bits per heavy atom. The van der Waals surface area contributed by atoms with Crippen LogP contribution in [0, 0.1) is 0 Å². The monoisotopic (exact) mass is 158 g/mol. The molecule has 6 heteroatoms. The third-order valence-electron chi connectivity index (χ3n) is 0.713. The largest absolute Gasteiger partial charge is 0.427 e. The molecule has 2 radical (unpaired) electrons. The maximum absolute atomic E-state index is 11.8. The predicted octanol–water partition coefficient (Wildman–Crippen LogP) is -0.131. The number of hydrogen-bond acceptors (Lipinski definition) is 2. The van der Waals surface area contributed by atoms with Crippen molar-refractivity contribution in [1.29, 1.82) is 0 Å². The van der Waals surface area contributed by atoms with Crippen LogP contribution in [0.2, 0.25) is 0 Å². The van der Waals surface area contributed by atoms with Crippen molar-refractivity contribution >= 4 is 9.76 Å². The van der Waals surface area contributed by atoms with E-state index in [9.17, 15) is 13.2 Å². The van der Waals surface area contributed by atoms with Crippen LogP contribution < -0.4 is 0 Å². The van der Waals surface area contributed by atoms with E-state index in [0.717, 1.165) is 0 Å². The summed E-state index contributed by atoms with van der Waals surface area (Å²) in [6.07, 6.45) is 0. The van der Waals surface area contributed by atoms with Gasteiger partial charge < -0.3 is 9.90 Å². The molecule has 0 aliphatic carbocycles. The first-order valence-corrected chi connectivity index (χ1v) is 2.96. The van der Waals surface area contributed by atoms with Gasteiger partial charge in [0.15, 0.2) is 0 Å². The van der Waals surface area contributed by atoms with Gasteiger partial charge in [-0.15, -0.1) is 0 Å². The smallest absolute Gasteiger partial charge is 0.323 e. The standard InChI is InChI=1S/C3H5F3O2Si/c1-2(4,7)3(5,6)9-8/h7-8H,1H3. The van der Waals surface area contributed by atoms with Gasteiger partial charge in [0.1, 0.15) is 0 Å². The SMILES string of the molecule is CC(O)(F)C(F)(F)[Si]O. The Balaban J connectivity index is 4.14. The fourth-order valence-corrected chi connectivity index (χ4v) is 0.306. The number of aliphatic hydroxyl groups is 1. The topological polar surface area (TPSA) is 40.5 Å². The summed E-state index contributed by atoms with van der Waals surface area (Å²) in [5.41, 5.74) is -4.05. The Bertz CT molecular complexity index is 99.7. The lowest BCUT2D eigenvalue weighted by Gasteiger charge is -2.21. The van der Waals surface area contributed by atoms with Crippen LogP contribution in [0.4, 0.5) is 13.2 Å². The van der Waals surface area contributed by atoms with Crippen molar-refractivity contribution in [3.8, 4) is 0 Å². The summed E-state index contributed by atoms with van der Waals surface area (Å²) < 4.78 is 35.4. The van der Waals surface area contributed by atoms with E-state index in [2.05, 4.69) is 0 Å². The van der Waals surface area contributed by atoms with E-state index in [1.807, 2.05) is 0 Å². The van der Waals surface area contributed by atoms with Crippen LogP contribution in [0.15, 0.2) is 0 Å². The molecule has 0 saturated heterocycles. The molecule has 9 heavy (non-hydrogen) atoms. The van der Waals surface area contributed by atoms with E-state index < -0.39 is 21.2 Å². The van der Waals surface area contributed by atoms with Crippen LogP contribution >= 0.6 is 0 Å². The first-order valence-electron chi connectivity index (χ1n) is 2.01. The lowest BCUT2D eigenvalue weighted by molar-refractivity contribution is -0.202. The quantitative estimate of drug-likeness (QED) is 0.549. The highest BCUT2D eigenvalue weighted by atomic mass is 28.2. The summed E-state index contributed by atoms with van der Waals surface area (Å²) in [5.74, 6) is -3.62. The minimum absolute atomic E-state index is 0.288. The number of halogens is 3. The summed E-state index contributed by atoms with van der Waals surface area (Å²) in [5, 5.41) is 7.98. The molecule has 1 atom stereocenters. The molecule has 0 fully saturated rings. The number of rotatable bonds is 2. The molecule has 0 heterocycles. The number of hydrogen-bond donors (Lipinski definition) is 2. The van der Waals surface area contributed by atoms with Crippen molar-refractivity contribution in [3.63, 3.8) is 0 Å². The molecule has 0 rings (SSSR count). The van der Waals surface area contributed by atoms with Crippen LogP contribution in [0.25, 0.3) is 0 Å². The van der Waals surface area contributed by atoms with E-state index in [0.29, 0.717) is 0 Å². The molecule has 0 aliphatic rings. The average Bonchev–Trinajstić information content (AvgIpc) is 1.64. The summed E-state index contributed by atoms with van der Waals surface area (Å²) in [4.78, 5) is 7.81. The van der Waals surface area contributed by atoms with Gasteiger partial charge in [-0.25, -0.2) is 13.2 Å². The fraction of sp³-hybridized carbons (Fsp3) is 1.00. The maximum atomic E-state index is 11.8. The molecule has 0 aliphatic heterocycles. The van der Waals surface area contributed by atoms with E-state index >= 15 is 0 Å².